The molecule has 0 radical (unpaired) electrons. The molecule has 26 heavy (non-hydrogen) atoms. The molecule has 0 saturated carbocycles. The zero-order valence-electron chi connectivity index (χ0n) is 18.7. The van der Waals surface area contributed by atoms with E-state index in [9.17, 15) is 0 Å². The van der Waals surface area contributed by atoms with Crippen molar-refractivity contribution >= 4 is 0 Å². The highest BCUT2D eigenvalue weighted by molar-refractivity contribution is 4.81. The van der Waals surface area contributed by atoms with Crippen molar-refractivity contribution in [3.05, 3.63) is 12.2 Å². The Morgan fingerprint density at radius 3 is 1.38 bits per heavy atom. The number of rotatable bonds is 19. The molecule has 0 bridgehead atoms. The molecule has 0 aromatic rings. The van der Waals surface area contributed by atoms with Crippen molar-refractivity contribution in [1.29, 1.82) is 0 Å². The van der Waals surface area contributed by atoms with Gasteiger partial charge in [-0.15, -0.1) is 0 Å². The van der Waals surface area contributed by atoms with Gasteiger partial charge in [-0.2, -0.15) is 0 Å². The van der Waals surface area contributed by atoms with E-state index in [1.807, 2.05) is 0 Å². The van der Waals surface area contributed by atoms with Crippen molar-refractivity contribution in [3.63, 3.8) is 0 Å². The van der Waals surface area contributed by atoms with Gasteiger partial charge in [-0.05, 0) is 44.9 Å². The number of unbranched alkanes of at least 4 members (excludes halogenated alkanes) is 13. The van der Waals surface area contributed by atoms with Gasteiger partial charge in [-0.3, -0.25) is 0 Å². The maximum Gasteiger partial charge on any atom is 0.0782 e. The van der Waals surface area contributed by atoms with E-state index in [0.29, 0.717) is 0 Å². The molecule has 0 atom stereocenters. The Labute approximate surface area is 173 Å². The molecule has 0 aliphatic heterocycles. The third-order valence-electron chi connectivity index (χ3n) is 5.35. The molecule has 0 aromatic heterocycles. The van der Waals surface area contributed by atoms with Crippen molar-refractivity contribution in [2.45, 2.75) is 117 Å². The Morgan fingerprint density at radius 1 is 0.500 bits per heavy atom. The SMILES string of the molecule is CCCCCCCC/C=C\CCCCCCCCC[N+](C)(C)CCC.[Cl-]. The van der Waals surface area contributed by atoms with E-state index in [2.05, 4.69) is 40.1 Å². The molecule has 0 saturated heterocycles. The van der Waals surface area contributed by atoms with E-state index >= 15 is 0 Å². The van der Waals surface area contributed by atoms with Gasteiger partial charge in [-0.25, -0.2) is 0 Å². The van der Waals surface area contributed by atoms with Crippen LogP contribution in [0.15, 0.2) is 12.2 Å². The largest absolute Gasteiger partial charge is 1.00 e. The van der Waals surface area contributed by atoms with Crippen LogP contribution in [0.1, 0.15) is 117 Å². The Balaban J connectivity index is 0. The van der Waals surface area contributed by atoms with E-state index < -0.39 is 0 Å². The summed E-state index contributed by atoms with van der Waals surface area (Å²) in [7, 11) is 4.76. The van der Waals surface area contributed by atoms with Crippen molar-refractivity contribution in [2.24, 2.45) is 0 Å². The number of allylic oxidation sites excluding steroid dienone is 2. The Kier molecular flexibility index (Phi) is 23.1. The van der Waals surface area contributed by atoms with Gasteiger partial charge in [0.05, 0.1) is 27.2 Å². The maximum atomic E-state index is 2.43. The summed E-state index contributed by atoms with van der Waals surface area (Å²) in [5.74, 6) is 0. The van der Waals surface area contributed by atoms with Crippen molar-refractivity contribution < 1.29 is 16.9 Å². The van der Waals surface area contributed by atoms with E-state index in [1.165, 1.54) is 120 Å². The van der Waals surface area contributed by atoms with Gasteiger partial charge in [0.1, 0.15) is 0 Å². The number of nitrogens with zero attached hydrogens (tertiary/aromatic N) is 1. The Morgan fingerprint density at radius 2 is 0.923 bits per heavy atom. The highest BCUT2D eigenvalue weighted by Crippen LogP contribution is 2.11. The zero-order chi connectivity index (χ0) is 18.6. The second-order valence-corrected chi connectivity index (χ2v) is 8.67. The minimum Gasteiger partial charge on any atom is -1.00 e. The summed E-state index contributed by atoms with van der Waals surface area (Å²) in [6.45, 7) is 7.27. The van der Waals surface area contributed by atoms with Gasteiger partial charge in [-0.1, -0.05) is 83.8 Å². The first-order valence-corrected chi connectivity index (χ1v) is 11.6. The van der Waals surface area contributed by atoms with Gasteiger partial charge in [0.15, 0.2) is 0 Å². The number of quaternary nitrogens is 1. The normalized spacial score (nSPS) is 11.8. The molecule has 0 aliphatic carbocycles. The second-order valence-electron chi connectivity index (χ2n) is 8.67. The minimum absolute atomic E-state index is 0. The average molecular weight is 388 g/mol. The quantitative estimate of drug-likeness (QED) is 0.168. The topological polar surface area (TPSA) is 0 Å². The molecule has 1 nitrogen and oxygen atoms in total. The molecule has 2 heteroatoms. The number of hydrogen-bond acceptors (Lipinski definition) is 0. The fraction of sp³-hybridized carbons (Fsp3) is 0.917. The summed E-state index contributed by atoms with van der Waals surface area (Å²) in [4.78, 5) is 0. The van der Waals surface area contributed by atoms with Gasteiger partial charge in [0.2, 0.25) is 0 Å². The summed E-state index contributed by atoms with van der Waals surface area (Å²) in [6, 6.07) is 0. The van der Waals surface area contributed by atoms with Crippen LogP contribution in [0.4, 0.5) is 0 Å². The molecule has 0 N–H and O–H groups in total. The third kappa shape index (κ3) is 22.0. The molecule has 0 rings (SSSR count). The lowest BCUT2D eigenvalue weighted by atomic mass is 10.1. The van der Waals surface area contributed by atoms with Crippen LogP contribution in [-0.4, -0.2) is 31.7 Å². The van der Waals surface area contributed by atoms with Gasteiger partial charge < -0.3 is 16.9 Å². The molecule has 0 aromatic carbocycles. The highest BCUT2D eigenvalue weighted by atomic mass is 35.5. The van der Waals surface area contributed by atoms with E-state index in [4.69, 9.17) is 0 Å². The average Bonchev–Trinajstić information content (AvgIpc) is 2.57. The van der Waals surface area contributed by atoms with Crippen LogP contribution in [-0.2, 0) is 0 Å². The number of halogens is 1. The van der Waals surface area contributed by atoms with Crippen molar-refractivity contribution in [1.82, 2.24) is 0 Å². The monoisotopic (exact) mass is 387 g/mol. The summed E-state index contributed by atoms with van der Waals surface area (Å²) in [5, 5.41) is 0. The van der Waals surface area contributed by atoms with Crippen molar-refractivity contribution in [3.8, 4) is 0 Å². The van der Waals surface area contributed by atoms with Crippen LogP contribution in [0.25, 0.3) is 0 Å². The lowest BCUT2D eigenvalue weighted by Gasteiger charge is -2.29. The van der Waals surface area contributed by atoms with Crippen LogP contribution in [0.5, 0.6) is 0 Å². The van der Waals surface area contributed by atoms with E-state index in [1.54, 1.807) is 0 Å². The van der Waals surface area contributed by atoms with Crippen molar-refractivity contribution in [2.75, 3.05) is 27.2 Å². The molecule has 158 valence electrons. The molecular weight excluding hydrogens is 338 g/mol. The molecule has 0 fully saturated rings. The molecule has 0 amide bonds. The lowest BCUT2D eigenvalue weighted by molar-refractivity contribution is -0.890. The predicted molar refractivity (Wildman–Crippen MR) is 116 cm³/mol. The van der Waals surface area contributed by atoms with E-state index in [-0.39, 0.29) is 12.4 Å². The number of hydrogen-bond donors (Lipinski definition) is 0. The first kappa shape index (κ1) is 28.2. The van der Waals surface area contributed by atoms with Gasteiger partial charge in [0.25, 0.3) is 0 Å². The summed E-state index contributed by atoms with van der Waals surface area (Å²) in [6.07, 6.45) is 27.3. The minimum atomic E-state index is 0. The van der Waals surface area contributed by atoms with E-state index in [0.717, 1.165) is 0 Å². The van der Waals surface area contributed by atoms with Gasteiger partial charge in [0, 0.05) is 0 Å². The summed E-state index contributed by atoms with van der Waals surface area (Å²) in [5.41, 5.74) is 0. The first-order chi connectivity index (χ1) is 12.1. The summed E-state index contributed by atoms with van der Waals surface area (Å²) < 4.78 is 1.21. The predicted octanol–water partition coefficient (Wildman–Crippen LogP) is 4.90. The first-order valence-electron chi connectivity index (χ1n) is 11.6. The molecule has 0 unspecified atom stereocenters. The molecular formula is C24H50ClN. The highest BCUT2D eigenvalue weighted by Gasteiger charge is 2.11. The lowest BCUT2D eigenvalue weighted by Crippen LogP contribution is -3.00. The molecule has 0 aliphatic rings. The summed E-state index contributed by atoms with van der Waals surface area (Å²) >= 11 is 0. The van der Waals surface area contributed by atoms with Crippen LogP contribution in [0.3, 0.4) is 0 Å². The third-order valence-corrected chi connectivity index (χ3v) is 5.35. The second kappa shape index (κ2) is 21.3. The fourth-order valence-corrected chi connectivity index (χ4v) is 3.68. The van der Waals surface area contributed by atoms with Crippen LogP contribution < -0.4 is 12.4 Å². The molecule has 0 heterocycles. The zero-order valence-corrected chi connectivity index (χ0v) is 19.5. The van der Waals surface area contributed by atoms with Crippen LogP contribution >= 0.6 is 0 Å². The fourth-order valence-electron chi connectivity index (χ4n) is 3.68. The Hall–Kier alpha value is -0.0100. The maximum absolute atomic E-state index is 2.43. The van der Waals surface area contributed by atoms with Crippen LogP contribution in [0.2, 0.25) is 0 Å². The van der Waals surface area contributed by atoms with Crippen LogP contribution in [0, 0.1) is 0 Å². The van der Waals surface area contributed by atoms with Gasteiger partial charge >= 0.3 is 0 Å². The molecule has 0 spiro atoms. The smallest absolute Gasteiger partial charge is 0.0782 e. The Bertz CT molecular complexity index is 286. The standard InChI is InChI=1S/C24H50N.ClH/c1-5-7-8-9-10-11-12-13-14-15-16-17-18-19-20-21-22-24-25(3,4)23-6-2;/h13-14H,5-12,15-24H2,1-4H3;1H/q+1;/p-1/b14-13-;.